The molecule has 3 heterocycles. The molecule has 3 atom stereocenters. The number of carbonyl (C=O) groups is 2. The van der Waals surface area contributed by atoms with E-state index >= 15 is 0 Å². The first-order valence-electron chi connectivity index (χ1n) is 16.1. The van der Waals surface area contributed by atoms with Crippen LogP contribution in [0.1, 0.15) is 69.2 Å². The maximum Gasteiger partial charge on any atom is 0.259 e. The number of hydrogen-bond acceptors (Lipinski definition) is 8. The highest BCUT2D eigenvalue weighted by atomic mass is 16.5. The number of nitrogens with one attached hydrogen (secondary N) is 2. The van der Waals surface area contributed by atoms with E-state index in [0.29, 0.717) is 76.2 Å². The largest absolute Gasteiger partial charge is 0.385 e. The second-order valence-corrected chi connectivity index (χ2v) is 13.5. The standard InChI is InChI=1S/C34H52N6O4/c1-24(2)22-40(32(42)29-21-37-33(34(3,4)5)38-30(29)36-13-10-15-43-6)27-18-26(19-35-20-27)31(41)39-14-16-44-23-28(39)17-25-11-8-7-9-12-25/h7-9,11-12,21,24,26-28,35H,10,13-20,22-23H2,1-6H3,(H,36,37,38)/t26-,27+,28?/m1/s1. The number of rotatable bonds is 12. The Kier molecular flexibility index (Phi) is 12.1. The van der Waals surface area contributed by atoms with Crippen LogP contribution in [0.3, 0.4) is 0 Å². The van der Waals surface area contributed by atoms with Gasteiger partial charge in [-0.1, -0.05) is 65.0 Å². The summed E-state index contributed by atoms with van der Waals surface area (Å²) in [6.07, 6.45) is 3.83. The highest BCUT2D eigenvalue weighted by molar-refractivity contribution is 5.98. The van der Waals surface area contributed by atoms with Crippen molar-refractivity contribution in [2.75, 3.05) is 65.0 Å². The molecule has 1 unspecified atom stereocenters. The van der Waals surface area contributed by atoms with Gasteiger partial charge in [-0.15, -0.1) is 0 Å². The van der Waals surface area contributed by atoms with Crippen molar-refractivity contribution in [3.05, 3.63) is 53.5 Å². The van der Waals surface area contributed by atoms with Crippen LogP contribution in [0.25, 0.3) is 0 Å². The van der Waals surface area contributed by atoms with Gasteiger partial charge in [-0.25, -0.2) is 9.97 Å². The van der Waals surface area contributed by atoms with Crippen LogP contribution in [0.4, 0.5) is 5.82 Å². The van der Waals surface area contributed by atoms with Crippen molar-refractivity contribution in [2.24, 2.45) is 11.8 Å². The molecule has 0 radical (unpaired) electrons. The number of ether oxygens (including phenoxy) is 2. The van der Waals surface area contributed by atoms with Crippen molar-refractivity contribution in [3.63, 3.8) is 0 Å². The van der Waals surface area contributed by atoms with Crippen LogP contribution < -0.4 is 10.6 Å². The minimum atomic E-state index is -0.263. The molecule has 0 bridgehead atoms. The molecule has 2 amide bonds. The number of anilines is 1. The lowest BCUT2D eigenvalue weighted by atomic mass is 9.91. The van der Waals surface area contributed by atoms with Crippen LogP contribution in [0.5, 0.6) is 0 Å². The van der Waals surface area contributed by atoms with Gasteiger partial charge in [-0.2, -0.15) is 0 Å². The predicted molar refractivity (Wildman–Crippen MR) is 173 cm³/mol. The third kappa shape index (κ3) is 8.99. The van der Waals surface area contributed by atoms with Crippen LogP contribution in [0, 0.1) is 11.8 Å². The first-order chi connectivity index (χ1) is 21.1. The predicted octanol–water partition coefficient (Wildman–Crippen LogP) is 3.77. The molecule has 44 heavy (non-hydrogen) atoms. The normalized spacial score (nSPS) is 20.9. The molecule has 2 aromatic rings. The maximum absolute atomic E-state index is 14.3. The van der Waals surface area contributed by atoms with Crippen molar-refractivity contribution < 1.29 is 19.1 Å². The molecule has 1 aromatic carbocycles. The summed E-state index contributed by atoms with van der Waals surface area (Å²) >= 11 is 0. The Morgan fingerprint density at radius 1 is 1.20 bits per heavy atom. The van der Waals surface area contributed by atoms with E-state index in [9.17, 15) is 9.59 Å². The summed E-state index contributed by atoms with van der Waals surface area (Å²) in [6.45, 7) is 15.1. The number of amides is 2. The molecule has 10 heteroatoms. The summed E-state index contributed by atoms with van der Waals surface area (Å²) in [7, 11) is 1.68. The molecular formula is C34H52N6O4. The van der Waals surface area contributed by atoms with Gasteiger partial charge in [0.2, 0.25) is 5.91 Å². The van der Waals surface area contributed by atoms with Gasteiger partial charge in [0, 0.05) is 64.1 Å². The highest BCUT2D eigenvalue weighted by Crippen LogP contribution is 2.27. The van der Waals surface area contributed by atoms with Gasteiger partial charge in [0.15, 0.2) is 0 Å². The number of carbonyl (C=O) groups excluding carboxylic acids is 2. The van der Waals surface area contributed by atoms with Crippen molar-refractivity contribution >= 4 is 17.6 Å². The average molecular weight is 609 g/mol. The molecule has 2 saturated heterocycles. The first-order valence-corrected chi connectivity index (χ1v) is 16.1. The Morgan fingerprint density at radius 2 is 1.98 bits per heavy atom. The molecule has 0 aliphatic carbocycles. The van der Waals surface area contributed by atoms with Gasteiger partial charge in [-0.3, -0.25) is 9.59 Å². The van der Waals surface area contributed by atoms with Gasteiger partial charge in [0.1, 0.15) is 17.2 Å². The molecule has 2 fully saturated rings. The number of nitrogens with zero attached hydrogens (tertiary/aromatic N) is 4. The minimum absolute atomic E-state index is 0.00218. The Bertz CT molecular complexity index is 1220. The molecule has 0 saturated carbocycles. The van der Waals surface area contributed by atoms with Crippen LogP contribution >= 0.6 is 0 Å². The van der Waals surface area contributed by atoms with Crippen LogP contribution in [0.2, 0.25) is 0 Å². The quantitative estimate of drug-likeness (QED) is 0.351. The van der Waals surface area contributed by atoms with E-state index in [1.807, 2.05) is 28.0 Å². The van der Waals surface area contributed by atoms with E-state index in [1.165, 1.54) is 5.56 Å². The lowest BCUT2D eigenvalue weighted by Gasteiger charge is -2.42. The van der Waals surface area contributed by atoms with Gasteiger partial charge in [0.25, 0.3) is 5.91 Å². The number of hydrogen-bond donors (Lipinski definition) is 2. The van der Waals surface area contributed by atoms with Crippen LogP contribution in [-0.4, -0.2) is 103 Å². The maximum atomic E-state index is 14.3. The molecule has 10 nitrogen and oxygen atoms in total. The summed E-state index contributed by atoms with van der Waals surface area (Å²) < 4.78 is 11.0. The SMILES string of the molecule is COCCCNc1nc(C(C)(C)C)ncc1C(=O)N(CC(C)C)[C@@H]1CNC[C@H](C(=O)N2CCOCC2Cc2ccccc2)C1. The second kappa shape index (κ2) is 15.8. The van der Waals surface area contributed by atoms with Crippen LogP contribution in [-0.2, 0) is 26.1 Å². The monoisotopic (exact) mass is 608 g/mol. The Hall–Kier alpha value is -3.08. The lowest BCUT2D eigenvalue weighted by Crippen LogP contribution is -2.58. The zero-order valence-corrected chi connectivity index (χ0v) is 27.5. The molecule has 4 rings (SSSR count). The third-order valence-corrected chi connectivity index (χ3v) is 8.27. The zero-order chi connectivity index (χ0) is 31.7. The number of morpholine rings is 1. The van der Waals surface area contributed by atoms with Gasteiger partial charge < -0.3 is 29.9 Å². The Balaban J connectivity index is 1.54. The second-order valence-electron chi connectivity index (χ2n) is 13.5. The van der Waals surface area contributed by atoms with Crippen LogP contribution in [0.15, 0.2) is 36.5 Å². The highest BCUT2D eigenvalue weighted by Gasteiger charge is 2.38. The number of methoxy groups -OCH3 is 1. The van der Waals surface area contributed by atoms with E-state index in [2.05, 4.69) is 62.4 Å². The summed E-state index contributed by atoms with van der Waals surface area (Å²) in [5.41, 5.74) is 1.39. The summed E-state index contributed by atoms with van der Waals surface area (Å²) in [5.74, 6) is 1.28. The van der Waals surface area contributed by atoms with Crippen molar-refractivity contribution in [1.29, 1.82) is 0 Å². The van der Waals surface area contributed by atoms with Gasteiger partial charge in [0.05, 0.1) is 25.2 Å². The summed E-state index contributed by atoms with van der Waals surface area (Å²) in [6, 6.07) is 10.1. The molecular weight excluding hydrogens is 556 g/mol. The van der Waals surface area contributed by atoms with E-state index in [0.717, 1.165) is 12.8 Å². The molecule has 2 N–H and O–H groups in total. The van der Waals surface area contributed by atoms with Crippen molar-refractivity contribution in [1.82, 2.24) is 25.1 Å². The molecule has 2 aliphatic rings. The minimum Gasteiger partial charge on any atom is -0.385 e. The van der Waals surface area contributed by atoms with E-state index < -0.39 is 0 Å². The molecule has 0 spiro atoms. The number of benzene rings is 1. The molecule has 2 aliphatic heterocycles. The summed E-state index contributed by atoms with van der Waals surface area (Å²) in [4.78, 5) is 41.7. The number of aromatic nitrogens is 2. The Morgan fingerprint density at radius 3 is 2.68 bits per heavy atom. The fraction of sp³-hybridized carbons (Fsp3) is 0.647. The molecule has 242 valence electrons. The zero-order valence-electron chi connectivity index (χ0n) is 27.5. The summed E-state index contributed by atoms with van der Waals surface area (Å²) in [5, 5.41) is 6.87. The van der Waals surface area contributed by atoms with E-state index in [4.69, 9.17) is 14.5 Å². The van der Waals surface area contributed by atoms with E-state index in [-0.39, 0.29) is 41.1 Å². The van der Waals surface area contributed by atoms with Gasteiger partial charge >= 0.3 is 0 Å². The fourth-order valence-electron chi connectivity index (χ4n) is 5.98. The van der Waals surface area contributed by atoms with Gasteiger partial charge in [-0.05, 0) is 30.7 Å². The number of piperidine rings is 1. The Labute approximate surface area is 263 Å². The van der Waals surface area contributed by atoms with Crippen molar-refractivity contribution in [3.8, 4) is 0 Å². The topological polar surface area (TPSA) is 109 Å². The van der Waals surface area contributed by atoms with E-state index in [1.54, 1.807) is 13.3 Å². The smallest absolute Gasteiger partial charge is 0.259 e. The third-order valence-electron chi connectivity index (χ3n) is 8.27. The molecule has 1 aromatic heterocycles. The lowest BCUT2D eigenvalue weighted by molar-refractivity contribution is -0.145. The first kappa shape index (κ1) is 33.8. The average Bonchev–Trinajstić information content (AvgIpc) is 3.01. The van der Waals surface area contributed by atoms with Crippen molar-refractivity contribution in [2.45, 2.75) is 71.4 Å². The fourth-order valence-corrected chi connectivity index (χ4v) is 5.98.